The van der Waals surface area contributed by atoms with Gasteiger partial charge in [0.15, 0.2) is 0 Å². The Morgan fingerprint density at radius 1 is 0.286 bits per heavy atom. The van der Waals surface area contributed by atoms with E-state index in [-0.39, 0.29) is 0 Å². The molecule has 4 rings (SSSR count). The fraction of sp³-hybridized carbons (Fsp3) is 0.294. The van der Waals surface area contributed by atoms with Crippen LogP contribution in [-0.2, 0) is 0 Å². The quantitative estimate of drug-likeness (QED) is 0.286. The van der Waals surface area contributed by atoms with Gasteiger partial charge in [0.05, 0.1) is 0 Å². The Labute approximate surface area is 217 Å². The van der Waals surface area contributed by atoms with E-state index in [1.54, 1.807) is 0 Å². The van der Waals surface area contributed by atoms with Crippen molar-refractivity contribution in [1.82, 2.24) is 0 Å². The van der Waals surface area contributed by atoms with E-state index in [2.05, 4.69) is 102 Å². The van der Waals surface area contributed by atoms with Crippen molar-refractivity contribution in [1.29, 1.82) is 0 Å². The van der Waals surface area contributed by atoms with Gasteiger partial charge in [-0.25, -0.2) is 0 Å². The maximum absolute atomic E-state index is 2.27. The number of para-hydroxylation sites is 2. The van der Waals surface area contributed by atoms with Gasteiger partial charge < -0.3 is 4.90 Å². The lowest BCUT2D eigenvalue weighted by molar-refractivity contribution is 1.28. The zero-order chi connectivity index (χ0) is 26.9. The summed E-state index contributed by atoms with van der Waals surface area (Å²) in [4.78, 5) is 2.27. The lowest BCUT2D eigenvalue weighted by atomic mass is 10.0. The lowest BCUT2D eigenvalue weighted by Gasteiger charge is -2.25. The molecule has 0 saturated heterocycles. The van der Waals surface area contributed by atoms with E-state index in [1.165, 1.54) is 11.1 Å². The minimum absolute atomic E-state index is 1.15. The minimum Gasteiger partial charge on any atom is -0.311 e. The SMILES string of the molecule is CC.CC.CC.CC.CC.c1ccc(-c2ccc(N(c3ccccc3)c3ccccc3)cc2)cc1. The summed E-state index contributed by atoms with van der Waals surface area (Å²) in [6, 6.07) is 40.1. The van der Waals surface area contributed by atoms with Crippen LogP contribution in [0.3, 0.4) is 0 Å². The number of anilines is 3. The predicted molar refractivity (Wildman–Crippen MR) is 163 cm³/mol. The molecular formula is C34H49N. The Balaban J connectivity index is 0. The van der Waals surface area contributed by atoms with Gasteiger partial charge >= 0.3 is 0 Å². The maximum Gasteiger partial charge on any atom is 0.0462 e. The van der Waals surface area contributed by atoms with Gasteiger partial charge in [0, 0.05) is 17.1 Å². The third kappa shape index (κ3) is 11.6. The van der Waals surface area contributed by atoms with Crippen LogP contribution in [0.1, 0.15) is 69.2 Å². The van der Waals surface area contributed by atoms with Crippen molar-refractivity contribution in [3.63, 3.8) is 0 Å². The second kappa shape index (κ2) is 23.8. The van der Waals surface area contributed by atoms with Crippen molar-refractivity contribution in [2.45, 2.75) is 69.2 Å². The molecule has 4 aromatic rings. The second-order valence-corrected chi connectivity index (χ2v) is 5.92. The summed E-state index contributed by atoms with van der Waals surface area (Å²) in [6.45, 7) is 20.0. The highest BCUT2D eigenvalue weighted by molar-refractivity contribution is 5.78. The fourth-order valence-electron chi connectivity index (χ4n) is 3.03. The van der Waals surface area contributed by atoms with E-state index in [0.29, 0.717) is 0 Å². The second-order valence-electron chi connectivity index (χ2n) is 5.92. The van der Waals surface area contributed by atoms with E-state index in [0.717, 1.165) is 17.1 Å². The number of hydrogen-bond acceptors (Lipinski definition) is 1. The molecule has 0 radical (unpaired) electrons. The van der Waals surface area contributed by atoms with Crippen molar-refractivity contribution in [2.75, 3.05) is 4.90 Å². The van der Waals surface area contributed by atoms with Crippen LogP contribution >= 0.6 is 0 Å². The van der Waals surface area contributed by atoms with Gasteiger partial charge in [-0.15, -0.1) is 0 Å². The van der Waals surface area contributed by atoms with Crippen LogP contribution in [0.2, 0.25) is 0 Å². The molecule has 0 aromatic heterocycles. The van der Waals surface area contributed by atoms with E-state index in [1.807, 2.05) is 87.4 Å². The van der Waals surface area contributed by atoms with Gasteiger partial charge in [-0.1, -0.05) is 148 Å². The average molecular weight is 472 g/mol. The highest BCUT2D eigenvalue weighted by atomic mass is 15.1. The molecule has 0 aliphatic rings. The van der Waals surface area contributed by atoms with Crippen LogP contribution in [0.15, 0.2) is 115 Å². The smallest absolute Gasteiger partial charge is 0.0462 e. The summed E-state index contributed by atoms with van der Waals surface area (Å²) in [7, 11) is 0. The van der Waals surface area contributed by atoms with E-state index in [4.69, 9.17) is 0 Å². The first kappa shape index (κ1) is 33.9. The van der Waals surface area contributed by atoms with Crippen molar-refractivity contribution in [2.24, 2.45) is 0 Å². The average Bonchev–Trinajstić information content (AvgIpc) is 3.00. The number of nitrogens with zero attached hydrogens (tertiary/aromatic N) is 1. The molecule has 0 amide bonds. The first-order valence-electron chi connectivity index (χ1n) is 13.5. The Kier molecular flexibility index (Phi) is 23.0. The van der Waals surface area contributed by atoms with Crippen molar-refractivity contribution >= 4 is 17.1 Å². The van der Waals surface area contributed by atoms with E-state index in [9.17, 15) is 0 Å². The normalized spacial score (nSPS) is 8.29. The van der Waals surface area contributed by atoms with Gasteiger partial charge in [0.1, 0.15) is 0 Å². The number of benzene rings is 4. The molecule has 0 aliphatic carbocycles. The van der Waals surface area contributed by atoms with Crippen LogP contribution in [0.25, 0.3) is 11.1 Å². The zero-order valence-electron chi connectivity index (χ0n) is 23.9. The largest absolute Gasteiger partial charge is 0.311 e. The Hall–Kier alpha value is -3.32. The number of hydrogen-bond donors (Lipinski definition) is 0. The van der Waals surface area contributed by atoms with Crippen molar-refractivity contribution in [3.05, 3.63) is 115 Å². The van der Waals surface area contributed by atoms with Crippen LogP contribution in [0.4, 0.5) is 17.1 Å². The molecule has 35 heavy (non-hydrogen) atoms. The molecule has 1 nitrogen and oxygen atoms in total. The molecule has 0 saturated carbocycles. The van der Waals surface area contributed by atoms with Gasteiger partial charge in [0.2, 0.25) is 0 Å². The summed E-state index contributed by atoms with van der Waals surface area (Å²) < 4.78 is 0. The Morgan fingerprint density at radius 2 is 0.543 bits per heavy atom. The van der Waals surface area contributed by atoms with Gasteiger partial charge in [-0.2, -0.15) is 0 Å². The molecule has 0 bridgehead atoms. The zero-order valence-corrected chi connectivity index (χ0v) is 23.9. The Morgan fingerprint density at radius 3 is 0.886 bits per heavy atom. The lowest BCUT2D eigenvalue weighted by Crippen LogP contribution is -2.09. The maximum atomic E-state index is 2.27. The topological polar surface area (TPSA) is 3.24 Å². The van der Waals surface area contributed by atoms with Gasteiger partial charge in [-0.3, -0.25) is 0 Å². The van der Waals surface area contributed by atoms with Crippen LogP contribution < -0.4 is 4.90 Å². The molecular weight excluding hydrogens is 422 g/mol. The third-order valence-corrected chi connectivity index (χ3v) is 4.26. The summed E-state index contributed by atoms with van der Waals surface area (Å²) >= 11 is 0. The molecule has 0 fully saturated rings. The highest BCUT2D eigenvalue weighted by Crippen LogP contribution is 2.35. The van der Waals surface area contributed by atoms with E-state index >= 15 is 0 Å². The standard InChI is InChI=1S/C24H19N.5C2H6/c1-4-10-20(11-5-1)21-16-18-24(19-17-21)25(22-12-6-2-7-13-22)23-14-8-3-9-15-23;5*1-2/h1-19H;5*1-2H3. The Bertz CT molecular complexity index is 875. The molecule has 0 heterocycles. The monoisotopic (exact) mass is 471 g/mol. The fourth-order valence-corrected chi connectivity index (χ4v) is 3.03. The first-order chi connectivity index (χ1) is 17.4. The summed E-state index contributed by atoms with van der Waals surface area (Å²) in [5.41, 5.74) is 5.92. The van der Waals surface area contributed by atoms with Crippen LogP contribution in [0.5, 0.6) is 0 Å². The highest BCUT2D eigenvalue weighted by Gasteiger charge is 2.11. The molecule has 0 aliphatic heterocycles. The van der Waals surface area contributed by atoms with Crippen molar-refractivity contribution in [3.8, 4) is 11.1 Å². The van der Waals surface area contributed by atoms with Gasteiger partial charge in [0.25, 0.3) is 0 Å². The molecule has 190 valence electrons. The minimum atomic E-state index is 1.15. The number of rotatable bonds is 4. The molecule has 0 N–H and O–H groups in total. The summed E-state index contributed by atoms with van der Waals surface area (Å²) in [5.74, 6) is 0. The molecule has 0 unspecified atom stereocenters. The molecule has 4 aromatic carbocycles. The van der Waals surface area contributed by atoms with E-state index < -0.39 is 0 Å². The van der Waals surface area contributed by atoms with Crippen molar-refractivity contribution < 1.29 is 0 Å². The third-order valence-electron chi connectivity index (χ3n) is 4.26. The summed E-state index contributed by atoms with van der Waals surface area (Å²) in [6.07, 6.45) is 0. The van der Waals surface area contributed by atoms with Gasteiger partial charge in [-0.05, 0) is 47.5 Å². The van der Waals surface area contributed by atoms with Crippen LogP contribution in [-0.4, -0.2) is 0 Å². The molecule has 0 spiro atoms. The van der Waals surface area contributed by atoms with Crippen LogP contribution in [0, 0.1) is 0 Å². The predicted octanol–water partition coefficient (Wildman–Crippen LogP) is 12.0. The summed E-state index contributed by atoms with van der Waals surface area (Å²) in [5, 5.41) is 0. The molecule has 1 heteroatoms. The first-order valence-corrected chi connectivity index (χ1v) is 13.5. The molecule has 0 atom stereocenters.